The average Bonchev–Trinajstić information content (AvgIpc) is 3.12. The molecule has 0 radical (unpaired) electrons. The third kappa shape index (κ3) is 4.66. The van der Waals surface area contributed by atoms with E-state index in [9.17, 15) is 4.79 Å². The Morgan fingerprint density at radius 2 is 2.00 bits per heavy atom. The Hall–Kier alpha value is -2.18. The number of nitrogens with zero attached hydrogens (tertiary/aromatic N) is 2. The number of aromatic nitrogens is 2. The molecule has 2 aromatic heterocycles. The van der Waals surface area contributed by atoms with Gasteiger partial charge in [0.25, 0.3) is 0 Å². The molecule has 0 aliphatic carbocycles. The van der Waals surface area contributed by atoms with Crippen molar-refractivity contribution >= 4 is 29.0 Å². The molecule has 1 aromatic carbocycles. The second kappa shape index (κ2) is 8.08. The standard InChI is InChI=1S/C18H17N3OS2/c1-13-10-16(14-6-3-2-4-7-14)21-18(20-13)24-12-17(22)19-11-15-8-5-9-23-15/h2-10H,11-12H2,1H3,(H,19,22). The van der Waals surface area contributed by atoms with Crippen LogP contribution in [-0.2, 0) is 11.3 Å². The van der Waals surface area contributed by atoms with Gasteiger partial charge in [-0.1, -0.05) is 48.2 Å². The summed E-state index contributed by atoms with van der Waals surface area (Å²) in [7, 11) is 0. The van der Waals surface area contributed by atoms with Gasteiger partial charge in [-0.15, -0.1) is 11.3 Å². The SMILES string of the molecule is Cc1cc(-c2ccccc2)nc(SCC(=O)NCc2cccs2)n1. The summed E-state index contributed by atoms with van der Waals surface area (Å²) in [5, 5.41) is 5.54. The molecule has 0 spiro atoms. The van der Waals surface area contributed by atoms with Crippen molar-refractivity contribution in [2.75, 3.05) is 5.75 Å². The lowest BCUT2D eigenvalue weighted by atomic mass is 10.1. The van der Waals surface area contributed by atoms with Crippen LogP contribution in [0.5, 0.6) is 0 Å². The second-order valence-electron chi connectivity index (χ2n) is 5.19. The summed E-state index contributed by atoms with van der Waals surface area (Å²) in [6.45, 7) is 2.51. The van der Waals surface area contributed by atoms with Gasteiger partial charge in [0.1, 0.15) is 0 Å². The maximum Gasteiger partial charge on any atom is 0.230 e. The van der Waals surface area contributed by atoms with E-state index in [1.165, 1.54) is 11.8 Å². The molecule has 0 fully saturated rings. The molecule has 0 bridgehead atoms. The number of hydrogen-bond donors (Lipinski definition) is 1. The minimum atomic E-state index is -0.0141. The highest BCUT2D eigenvalue weighted by molar-refractivity contribution is 7.99. The van der Waals surface area contributed by atoms with Gasteiger partial charge in [-0.05, 0) is 24.4 Å². The third-order valence-corrected chi connectivity index (χ3v) is 5.00. The Morgan fingerprint density at radius 1 is 1.17 bits per heavy atom. The van der Waals surface area contributed by atoms with Crippen LogP contribution in [0.4, 0.5) is 0 Å². The molecule has 0 aliphatic rings. The van der Waals surface area contributed by atoms with Crippen LogP contribution in [0.1, 0.15) is 10.6 Å². The van der Waals surface area contributed by atoms with Crippen molar-refractivity contribution in [3.63, 3.8) is 0 Å². The van der Waals surface area contributed by atoms with Crippen LogP contribution in [0, 0.1) is 6.92 Å². The first kappa shape index (κ1) is 16.7. The van der Waals surface area contributed by atoms with Gasteiger partial charge >= 0.3 is 0 Å². The molecule has 1 amide bonds. The zero-order chi connectivity index (χ0) is 16.8. The topological polar surface area (TPSA) is 54.9 Å². The lowest BCUT2D eigenvalue weighted by Crippen LogP contribution is -2.24. The van der Waals surface area contributed by atoms with Gasteiger partial charge in [0, 0.05) is 16.1 Å². The van der Waals surface area contributed by atoms with Gasteiger partial charge in [-0.25, -0.2) is 9.97 Å². The van der Waals surface area contributed by atoms with Gasteiger partial charge in [-0.3, -0.25) is 4.79 Å². The number of aryl methyl sites for hydroxylation is 1. The first-order valence-electron chi connectivity index (χ1n) is 7.54. The Kier molecular flexibility index (Phi) is 5.61. The molecule has 0 saturated heterocycles. The molecule has 0 unspecified atom stereocenters. The number of thiophene rings is 1. The molecule has 0 aliphatic heterocycles. The number of benzene rings is 1. The fourth-order valence-corrected chi connectivity index (χ4v) is 3.52. The Labute approximate surface area is 149 Å². The molecule has 1 N–H and O–H groups in total. The van der Waals surface area contributed by atoms with Crippen LogP contribution in [0.2, 0.25) is 0 Å². The van der Waals surface area contributed by atoms with Crippen LogP contribution in [-0.4, -0.2) is 21.6 Å². The quantitative estimate of drug-likeness (QED) is 0.538. The summed E-state index contributed by atoms with van der Waals surface area (Å²) in [6, 6.07) is 15.9. The molecule has 3 rings (SSSR count). The molecule has 4 nitrogen and oxygen atoms in total. The van der Waals surface area contributed by atoms with E-state index in [0.29, 0.717) is 17.5 Å². The summed E-state index contributed by atoms with van der Waals surface area (Å²) >= 11 is 2.99. The lowest BCUT2D eigenvalue weighted by molar-refractivity contribution is -0.118. The summed E-state index contributed by atoms with van der Waals surface area (Å²) in [5.41, 5.74) is 2.82. The molecule has 3 aromatic rings. The van der Waals surface area contributed by atoms with Crippen molar-refractivity contribution in [2.45, 2.75) is 18.6 Å². The van der Waals surface area contributed by atoms with E-state index < -0.39 is 0 Å². The zero-order valence-corrected chi connectivity index (χ0v) is 14.9. The normalized spacial score (nSPS) is 10.5. The number of hydrogen-bond acceptors (Lipinski definition) is 5. The smallest absolute Gasteiger partial charge is 0.230 e. The van der Waals surface area contributed by atoms with Crippen LogP contribution in [0.25, 0.3) is 11.3 Å². The lowest BCUT2D eigenvalue weighted by Gasteiger charge is -2.06. The van der Waals surface area contributed by atoms with Crippen molar-refractivity contribution < 1.29 is 4.79 Å². The summed E-state index contributed by atoms with van der Waals surface area (Å²) in [6.07, 6.45) is 0. The van der Waals surface area contributed by atoms with Gasteiger partial charge < -0.3 is 5.32 Å². The molecule has 0 saturated carbocycles. The average molecular weight is 355 g/mol. The highest BCUT2D eigenvalue weighted by Crippen LogP contribution is 2.21. The molecule has 122 valence electrons. The Morgan fingerprint density at radius 3 is 2.75 bits per heavy atom. The Bertz CT molecular complexity index is 804. The first-order chi connectivity index (χ1) is 11.7. The van der Waals surface area contributed by atoms with E-state index >= 15 is 0 Å². The van der Waals surface area contributed by atoms with Crippen LogP contribution in [0.15, 0.2) is 59.1 Å². The van der Waals surface area contributed by atoms with Crippen LogP contribution in [0.3, 0.4) is 0 Å². The van der Waals surface area contributed by atoms with E-state index in [0.717, 1.165) is 21.8 Å². The molecular formula is C18H17N3OS2. The van der Waals surface area contributed by atoms with Gasteiger partial charge in [-0.2, -0.15) is 0 Å². The molecule has 2 heterocycles. The van der Waals surface area contributed by atoms with Gasteiger partial charge in [0.15, 0.2) is 5.16 Å². The number of rotatable bonds is 6. The second-order valence-corrected chi connectivity index (χ2v) is 7.16. The predicted octanol–water partition coefficient (Wildman–Crippen LogP) is 3.92. The Balaban J connectivity index is 1.60. The monoisotopic (exact) mass is 355 g/mol. The van der Waals surface area contributed by atoms with E-state index in [1.54, 1.807) is 11.3 Å². The fourth-order valence-electron chi connectivity index (χ4n) is 2.14. The van der Waals surface area contributed by atoms with Gasteiger partial charge in [0.2, 0.25) is 5.91 Å². The summed E-state index contributed by atoms with van der Waals surface area (Å²) in [4.78, 5) is 22.1. The summed E-state index contributed by atoms with van der Waals surface area (Å²) in [5.74, 6) is 0.294. The molecule has 0 atom stereocenters. The van der Waals surface area contributed by atoms with Crippen LogP contribution >= 0.6 is 23.1 Å². The van der Waals surface area contributed by atoms with Crippen molar-refractivity contribution in [3.05, 3.63) is 64.5 Å². The van der Waals surface area contributed by atoms with Crippen molar-refractivity contribution in [1.82, 2.24) is 15.3 Å². The highest BCUT2D eigenvalue weighted by atomic mass is 32.2. The highest BCUT2D eigenvalue weighted by Gasteiger charge is 2.08. The molecule has 24 heavy (non-hydrogen) atoms. The maximum absolute atomic E-state index is 12.0. The van der Waals surface area contributed by atoms with E-state index in [4.69, 9.17) is 0 Å². The number of carbonyl (C=O) groups excluding carboxylic acids is 1. The number of carbonyl (C=O) groups is 1. The number of thioether (sulfide) groups is 1. The molecule has 6 heteroatoms. The van der Waals surface area contributed by atoms with E-state index in [2.05, 4.69) is 15.3 Å². The third-order valence-electron chi connectivity index (χ3n) is 3.28. The number of nitrogens with one attached hydrogen (secondary N) is 1. The minimum Gasteiger partial charge on any atom is -0.350 e. The van der Waals surface area contributed by atoms with E-state index in [1.807, 2.05) is 60.8 Å². The van der Waals surface area contributed by atoms with E-state index in [-0.39, 0.29) is 5.91 Å². The van der Waals surface area contributed by atoms with Gasteiger partial charge in [0.05, 0.1) is 18.0 Å². The van der Waals surface area contributed by atoms with Crippen molar-refractivity contribution in [1.29, 1.82) is 0 Å². The first-order valence-corrected chi connectivity index (χ1v) is 9.40. The van der Waals surface area contributed by atoms with Crippen molar-refractivity contribution in [3.8, 4) is 11.3 Å². The van der Waals surface area contributed by atoms with Crippen molar-refractivity contribution in [2.24, 2.45) is 0 Å². The predicted molar refractivity (Wildman–Crippen MR) is 99.1 cm³/mol. The zero-order valence-electron chi connectivity index (χ0n) is 13.2. The largest absolute Gasteiger partial charge is 0.350 e. The van der Waals surface area contributed by atoms with Crippen LogP contribution < -0.4 is 5.32 Å². The number of amides is 1. The molecular weight excluding hydrogens is 338 g/mol. The summed E-state index contributed by atoms with van der Waals surface area (Å²) < 4.78 is 0. The fraction of sp³-hybridized carbons (Fsp3) is 0.167. The minimum absolute atomic E-state index is 0.0141. The maximum atomic E-state index is 12.0.